The van der Waals surface area contributed by atoms with Crippen LogP contribution in [0.15, 0.2) is 24.3 Å². The summed E-state index contributed by atoms with van der Waals surface area (Å²) in [5.74, 6) is -0.964. The molecule has 0 heterocycles. The van der Waals surface area contributed by atoms with Gasteiger partial charge in [0.1, 0.15) is 6.61 Å². The fraction of sp³-hybridized carbons (Fsp3) is 0.467. The summed E-state index contributed by atoms with van der Waals surface area (Å²) in [7, 11) is -3.76. The zero-order chi connectivity index (χ0) is 16.0. The molecule has 118 valence electrons. The number of sulfonamides is 1. The molecule has 1 saturated carbocycles. The van der Waals surface area contributed by atoms with Gasteiger partial charge in [-0.1, -0.05) is 25.0 Å². The number of carbonyl (C=O) groups excluding carboxylic acids is 1. The number of rotatable bonds is 6. The number of carbonyl (C=O) groups is 1. The Hall–Kier alpha value is -1.91. The lowest BCUT2D eigenvalue weighted by atomic mass is 10.2. The van der Waals surface area contributed by atoms with E-state index in [1.54, 1.807) is 12.1 Å². The van der Waals surface area contributed by atoms with Gasteiger partial charge in [0.15, 0.2) is 0 Å². The standard InChI is InChI=1S/C15H18N2O4S/c16-9-12-5-7-13(8-6-12)11-22(19,20)17-15(18)10-21-14-3-1-2-4-14/h5-8,14H,1-4,10-11H2,(H,17,18). The summed E-state index contributed by atoms with van der Waals surface area (Å²) in [5.41, 5.74) is 0.964. The highest BCUT2D eigenvalue weighted by atomic mass is 32.2. The lowest BCUT2D eigenvalue weighted by molar-refractivity contribution is -0.125. The Morgan fingerprint density at radius 2 is 1.91 bits per heavy atom. The first kappa shape index (κ1) is 16.5. The zero-order valence-electron chi connectivity index (χ0n) is 12.1. The minimum absolute atomic E-state index is 0.0620. The summed E-state index contributed by atoms with van der Waals surface area (Å²) in [6.07, 6.45) is 4.08. The number of ether oxygens (including phenoxy) is 1. The Kier molecular flexibility index (Phi) is 5.52. The first-order valence-corrected chi connectivity index (χ1v) is 8.78. The molecule has 0 aliphatic heterocycles. The summed E-state index contributed by atoms with van der Waals surface area (Å²) in [6.45, 7) is -0.239. The molecule has 0 spiro atoms. The van der Waals surface area contributed by atoms with Crippen molar-refractivity contribution in [3.63, 3.8) is 0 Å². The molecule has 1 aromatic carbocycles. The summed E-state index contributed by atoms with van der Waals surface area (Å²) in [4.78, 5) is 11.6. The van der Waals surface area contributed by atoms with Crippen LogP contribution in [0.2, 0.25) is 0 Å². The average Bonchev–Trinajstić information content (AvgIpc) is 2.98. The van der Waals surface area contributed by atoms with Gasteiger partial charge in [0, 0.05) is 0 Å². The molecule has 0 saturated heterocycles. The van der Waals surface area contributed by atoms with Crippen molar-refractivity contribution >= 4 is 15.9 Å². The number of nitrogens with zero attached hydrogens (tertiary/aromatic N) is 1. The van der Waals surface area contributed by atoms with Gasteiger partial charge in [-0.05, 0) is 30.5 Å². The fourth-order valence-electron chi connectivity index (χ4n) is 2.38. The molecule has 0 radical (unpaired) electrons. The largest absolute Gasteiger partial charge is 0.368 e. The molecule has 1 aliphatic rings. The predicted molar refractivity (Wildman–Crippen MR) is 80.1 cm³/mol. The van der Waals surface area contributed by atoms with Crippen molar-refractivity contribution in [2.75, 3.05) is 6.61 Å². The van der Waals surface area contributed by atoms with Crippen molar-refractivity contribution in [2.24, 2.45) is 0 Å². The number of hydrogen-bond donors (Lipinski definition) is 1. The quantitative estimate of drug-likeness (QED) is 0.855. The Bertz CT molecular complexity index is 656. The molecule has 1 N–H and O–H groups in total. The lowest BCUT2D eigenvalue weighted by Gasteiger charge is -2.11. The molecule has 0 unspecified atom stereocenters. The molecular weight excluding hydrogens is 304 g/mol. The monoisotopic (exact) mass is 322 g/mol. The second kappa shape index (κ2) is 7.38. The first-order valence-electron chi connectivity index (χ1n) is 7.12. The van der Waals surface area contributed by atoms with Gasteiger partial charge < -0.3 is 4.74 Å². The Morgan fingerprint density at radius 3 is 2.50 bits per heavy atom. The topological polar surface area (TPSA) is 96.3 Å². The molecule has 0 bridgehead atoms. The summed E-state index contributed by atoms with van der Waals surface area (Å²) < 4.78 is 31.2. The average molecular weight is 322 g/mol. The normalized spacial score (nSPS) is 15.4. The molecule has 7 heteroatoms. The van der Waals surface area contributed by atoms with Crippen LogP contribution in [0.3, 0.4) is 0 Å². The molecule has 2 rings (SSSR count). The van der Waals surface area contributed by atoms with E-state index in [1.165, 1.54) is 12.1 Å². The number of hydrogen-bond acceptors (Lipinski definition) is 5. The predicted octanol–water partition coefficient (Wildman–Crippen LogP) is 1.46. The summed E-state index contributed by atoms with van der Waals surface area (Å²) in [5, 5.41) is 8.69. The van der Waals surface area contributed by atoms with E-state index < -0.39 is 15.9 Å². The van der Waals surface area contributed by atoms with Gasteiger partial charge >= 0.3 is 0 Å². The fourth-order valence-corrected chi connectivity index (χ4v) is 3.49. The van der Waals surface area contributed by atoms with Crippen LogP contribution in [0.1, 0.15) is 36.8 Å². The number of benzene rings is 1. The van der Waals surface area contributed by atoms with Crippen LogP contribution in [0.25, 0.3) is 0 Å². The number of nitrogens with one attached hydrogen (secondary N) is 1. The van der Waals surface area contributed by atoms with Gasteiger partial charge in [-0.15, -0.1) is 0 Å². The van der Waals surface area contributed by atoms with Crippen LogP contribution in [0, 0.1) is 11.3 Å². The van der Waals surface area contributed by atoms with E-state index in [0.29, 0.717) is 11.1 Å². The van der Waals surface area contributed by atoms with Crippen LogP contribution < -0.4 is 4.72 Å². The maximum Gasteiger partial charge on any atom is 0.259 e. The molecule has 1 fully saturated rings. The third-order valence-electron chi connectivity index (χ3n) is 3.46. The van der Waals surface area contributed by atoms with Gasteiger partial charge in [0.2, 0.25) is 10.0 Å². The van der Waals surface area contributed by atoms with Gasteiger partial charge in [-0.3, -0.25) is 9.52 Å². The van der Waals surface area contributed by atoms with E-state index in [9.17, 15) is 13.2 Å². The Morgan fingerprint density at radius 1 is 1.27 bits per heavy atom. The first-order chi connectivity index (χ1) is 10.5. The van der Waals surface area contributed by atoms with Crippen LogP contribution in [-0.2, 0) is 25.3 Å². The second-order valence-electron chi connectivity index (χ2n) is 5.31. The Labute approximate surface area is 130 Å². The van der Waals surface area contributed by atoms with Crippen molar-refractivity contribution in [1.82, 2.24) is 4.72 Å². The highest BCUT2D eigenvalue weighted by Gasteiger charge is 2.19. The minimum Gasteiger partial charge on any atom is -0.368 e. The highest BCUT2D eigenvalue weighted by Crippen LogP contribution is 2.20. The van der Waals surface area contributed by atoms with Gasteiger partial charge in [-0.25, -0.2) is 8.42 Å². The molecule has 6 nitrogen and oxygen atoms in total. The van der Waals surface area contributed by atoms with E-state index in [1.807, 2.05) is 10.8 Å². The van der Waals surface area contributed by atoms with E-state index in [0.717, 1.165) is 25.7 Å². The lowest BCUT2D eigenvalue weighted by Crippen LogP contribution is -2.35. The smallest absolute Gasteiger partial charge is 0.259 e. The van der Waals surface area contributed by atoms with Gasteiger partial charge in [0.05, 0.1) is 23.5 Å². The van der Waals surface area contributed by atoms with E-state index >= 15 is 0 Å². The SMILES string of the molecule is N#Cc1ccc(CS(=O)(=O)NC(=O)COC2CCCC2)cc1. The summed E-state index contributed by atoms with van der Waals surface area (Å²) >= 11 is 0. The van der Waals surface area contributed by atoms with Gasteiger partial charge in [-0.2, -0.15) is 5.26 Å². The van der Waals surface area contributed by atoms with E-state index in [-0.39, 0.29) is 18.5 Å². The minimum atomic E-state index is -3.76. The molecule has 1 aliphatic carbocycles. The molecule has 1 aromatic rings. The van der Waals surface area contributed by atoms with Gasteiger partial charge in [0.25, 0.3) is 5.91 Å². The zero-order valence-corrected chi connectivity index (χ0v) is 12.9. The Balaban J connectivity index is 1.84. The second-order valence-corrected chi connectivity index (χ2v) is 7.03. The van der Waals surface area contributed by atoms with Crippen molar-refractivity contribution in [2.45, 2.75) is 37.5 Å². The van der Waals surface area contributed by atoms with Crippen LogP contribution in [0.5, 0.6) is 0 Å². The van der Waals surface area contributed by atoms with Crippen molar-refractivity contribution < 1.29 is 17.9 Å². The maximum atomic E-state index is 11.9. The number of nitriles is 1. The maximum absolute atomic E-state index is 11.9. The molecule has 0 aromatic heterocycles. The van der Waals surface area contributed by atoms with Crippen LogP contribution in [0.4, 0.5) is 0 Å². The van der Waals surface area contributed by atoms with Crippen LogP contribution in [-0.4, -0.2) is 27.0 Å². The van der Waals surface area contributed by atoms with Crippen LogP contribution >= 0.6 is 0 Å². The highest BCUT2D eigenvalue weighted by molar-refractivity contribution is 7.89. The third kappa shape index (κ3) is 5.13. The summed E-state index contributed by atoms with van der Waals surface area (Å²) in [6, 6.07) is 8.14. The molecule has 22 heavy (non-hydrogen) atoms. The third-order valence-corrected chi connectivity index (χ3v) is 4.71. The van der Waals surface area contributed by atoms with Crippen molar-refractivity contribution in [3.05, 3.63) is 35.4 Å². The molecule has 1 amide bonds. The van der Waals surface area contributed by atoms with Crippen molar-refractivity contribution in [3.8, 4) is 6.07 Å². The number of amides is 1. The molecular formula is C15H18N2O4S. The van der Waals surface area contributed by atoms with E-state index in [2.05, 4.69) is 0 Å². The van der Waals surface area contributed by atoms with E-state index in [4.69, 9.17) is 10.00 Å². The molecule has 0 atom stereocenters. The van der Waals surface area contributed by atoms with Crippen molar-refractivity contribution in [1.29, 1.82) is 5.26 Å².